The summed E-state index contributed by atoms with van der Waals surface area (Å²) in [5.41, 5.74) is 1.51. The minimum atomic E-state index is -0.902. The van der Waals surface area contributed by atoms with E-state index in [9.17, 15) is 14.7 Å². The number of likely N-dealkylation sites (N-methyl/N-ethyl adjacent to an activating group) is 1. The van der Waals surface area contributed by atoms with Crippen LogP contribution in [0.3, 0.4) is 0 Å². The highest BCUT2D eigenvalue weighted by Gasteiger charge is 2.28. The molecule has 0 aliphatic heterocycles. The zero-order valence-electron chi connectivity index (χ0n) is 19.5. The van der Waals surface area contributed by atoms with Crippen molar-refractivity contribution in [3.05, 3.63) is 41.5 Å². The van der Waals surface area contributed by atoms with Crippen LogP contribution < -0.4 is 10.1 Å². The summed E-state index contributed by atoms with van der Waals surface area (Å²) in [5.74, 6) is 0.214. The summed E-state index contributed by atoms with van der Waals surface area (Å²) >= 11 is 0. The van der Waals surface area contributed by atoms with Gasteiger partial charge in [0.25, 0.3) is 0 Å². The number of unbranched alkanes of at least 4 members (excludes halogenated alkanes) is 2. The lowest BCUT2D eigenvalue weighted by molar-refractivity contribution is -0.143. The summed E-state index contributed by atoms with van der Waals surface area (Å²) in [6.07, 6.45) is 7.74. The summed E-state index contributed by atoms with van der Waals surface area (Å²) in [7, 11) is 1.54. The minimum Gasteiger partial charge on any atom is -0.496 e. The van der Waals surface area contributed by atoms with Crippen LogP contribution in [0.4, 0.5) is 0 Å². The lowest BCUT2D eigenvalue weighted by Gasteiger charge is -2.27. The van der Waals surface area contributed by atoms with E-state index in [0.29, 0.717) is 43.3 Å². The molecule has 1 unspecified atom stereocenters. The number of carboxylic acid groups (broad SMARTS) is 1. The van der Waals surface area contributed by atoms with Crippen molar-refractivity contribution >= 4 is 24.3 Å². The van der Waals surface area contributed by atoms with E-state index < -0.39 is 12.0 Å². The van der Waals surface area contributed by atoms with E-state index in [-0.39, 0.29) is 18.3 Å². The molecule has 6 nitrogen and oxygen atoms in total. The highest BCUT2D eigenvalue weighted by molar-refractivity contribution is 5.85. The highest BCUT2D eigenvalue weighted by atomic mass is 35.5. The number of carbonyl (C=O) groups is 2. The van der Waals surface area contributed by atoms with E-state index in [1.807, 2.05) is 30.9 Å². The third-order valence-electron chi connectivity index (χ3n) is 5.04. The van der Waals surface area contributed by atoms with Crippen LogP contribution >= 0.6 is 12.4 Å². The fraction of sp³-hybridized carbons (Fsp3) is 0.583. The van der Waals surface area contributed by atoms with Crippen LogP contribution in [0.25, 0.3) is 0 Å². The largest absolute Gasteiger partial charge is 0.496 e. The first-order chi connectivity index (χ1) is 14.3. The van der Waals surface area contributed by atoms with Gasteiger partial charge in [-0.2, -0.15) is 0 Å². The molecule has 0 saturated carbocycles. The Bertz CT molecular complexity index is 703. The van der Waals surface area contributed by atoms with Gasteiger partial charge >= 0.3 is 5.97 Å². The quantitative estimate of drug-likeness (QED) is 0.306. The Morgan fingerprint density at radius 2 is 1.87 bits per heavy atom. The maximum absolute atomic E-state index is 12.1. The maximum atomic E-state index is 12.1. The smallest absolute Gasteiger partial charge is 0.325 e. The van der Waals surface area contributed by atoms with Crippen molar-refractivity contribution in [3.63, 3.8) is 0 Å². The summed E-state index contributed by atoms with van der Waals surface area (Å²) in [6, 6.07) is 4.70. The van der Waals surface area contributed by atoms with E-state index in [4.69, 9.17) is 4.74 Å². The van der Waals surface area contributed by atoms with Crippen molar-refractivity contribution in [1.29, 1.82) is 0 Å². The number of amides is 1. The standard InChI is InChI=1S/C24H38N2O4.ClH/c1-6-26(7-2)23(24(28)29)20-15-14-19(16-21(20)30-5)17-25-22(27)13-11-9-8-10-12-18(3)4;/h10,12,14-16,18,23H,6-9,11,13,17H2,1-5H3,(H,25,27)(H,28,29);1H. The molecular formula is C24H39ClN2O4. The molecule has 1 amide bonds. The third-order valence-corrected chi connectivity index (χ3v) is 5.04. The SMILES string of the molecule is CCN(CC)C(C(=O)O)c1ccc(CNC(=O)CCCCC=CC(C)C)cc1OC.Cl. The van der Waals surface area contributed by atoms with E-state index >= 15 is 0 Å². The number of nitrogens with zero attached hydrogens (tertiary/aromatic N) is 1. The number of ether oxygens (including phenoxy) is 1. The Kier molecular flexibility index (Phi) is 14.7. The van der Waals surface area contributed by atoms with Gasteiger partial charge in [0.05, 0.1) is 7.11 Å². The second kappa shape index (κ2) is 15.7. The van der Waals surface area contributed by atoms with Gasteiger partial charge in [-0.25, -0.2) is 0 Å². The first kappa shape index (κ1) is 28.9. The van der Waals surface area contributed by atoms with Gasteiger partial charge in [-0.3, -0.25) is 14.5 Å². The first-order valence-corrected chi connectivity index (χ1v) is 10.9. The maximum Gasteiger partial charge on any atom is 0.325 e. The highest BCUT2D eigenvalue weighted by Crippen LogP contribution is 2.30. The first-order valence-electron chi connectivity index (χ1n) is 10.9. The van der Waals surface area contributed by atoms with Gasteiger partial charge in [0.15, 0.2) is 0 Å². The van der Waals surface area contributed by atoms with Crippen LogP contribution in [0, 0.1) is 5.92 Å². The van der Waals surface area contributed by atoms with Gasteiger partial charge in [0.1, 0.15) is 11.8 Å². The van der Waals surface area contributed by atoms with Crippen molar-refractivity contribution in [3.8, 4) is 5.75 Å². The Morgan fingerprint density at radius 3 is 2.42 bits per heavy atom. The molecule has 7 heteroatoms. The zero-order chi connectivity index (χ0) is 22.5. The number of halogens is 1. The third kappa shape index (κ3) is 10.2. The fourth-order valence-corrected chi connectivity index (χ4v) is 3.37. The van der Waals surface area contributed by atoms with E-state index in [0.717, 1.165) is 24.8 Å². The summed E-state index contributed by atoms with van der Waals surface area (Å²) in [4.78, 5) is 25.8. The predicted octanol–water partition coefficient (Wildman–Crippen LogP) is 4.97. The lowest BCUT2D eigenvalue weighted by atomic mass is 10.0. The van der Waals surface area contributed by atoms with Crippen LogP contribution in [-0.2, 0) is 16.1 Å². The number of aliphatic carboxylic acids is 1. The molecule has 2 N–H and O–H groups in total. The molecule has 0 bridgehead atoms. The average molecular weight is 455 g/mol. The second-order valence-corrected chi connectivity index (χ2v) is 7.73. The Hall–Kier alpha value is -2.05. The molecule has 1 aromatic rings. The molecule has 0 saturated heterocycles. The Labute approximate surface area is 193 Å². The van der Waals surface area contributed by atoms with Crippen molar-refractivity contribution in [2.75, 3.05) is 20.2 Å². The molecule has 1 atom stereocenters. The van der Waals surface area contributed by atoms with Gasteiger partial charge in [0.2, 0.25) is 5.91 Å². The molecule has 31 heavy (non-hydrogen) atoms. The zero-order valence-corrected chi connectivity index (χ0v) is 20.3. The predicted molar refractivity (Wildman–Crippen MR) is 128 cm³/mol. The van der Waals surface area contributed by atoms with Crippen molar-refractivity contribution in [1.82, 2.24) is 10.2 Å². The van der Waals surface area contributed by atoms with Crippen molar-refractivity contribution < 1.29 is 19.4 Å². The summed E-state index contributed by atoms with van der Waals surface area (Å²) < 4.78 is 5.47. The van der Waals surface area contributed by atoms with Crippen molar-refractivity contribution in [2.45, 2.75) is 66.0 Å². The van der Waals surface area contributed by atoms with Crippen LogP contribution in [0.5, 0.6) is 5.75 Å². The molecule has 1 aromatic carbocycles. The molecule has 0 aliphatic rings. The number of carbonyl (C=O) groups excluding carboxylic acids is 1. The molecule has 0 radical (unpaired) electrons. The van der Waals surface area contributed by atoms with E-state index in [2.05, 4.69) is 31.3 Å². The van der Waals surface area contributed by atoms with Gasteiger partial charge < -0.3 is 15.2 Å². The number of allylic oxidation sites excluding steroid dienone is 2. The van der Waals surface area contributed by atoms with E-state index in [1.54, 1.807) is 6.07 Å². The van der Waals surface area contributed by atoms with Crippen LogP contribution in [-0.4, -0.2) is 42.1 Å². The van der Waals surface area contributed by atoms with Crippen LogP contribution in [0.15, 0.2) is 30.4 Å². The van der Waals surface area contributed by atoms with Gasteiger partial charge in [-0.05, 0) is 49.9 Å². The van der Waals surface area contributed by atoms with Crippen molar-refractivity contribution in [2.24, 2.45) is 5.92 Å². The number of nitrogens with one attached hydrogen (secondary N) is 1. The summed E-state index contributed by atoms with van der Waals surface area (Å²) in [6.45, 7) is 9.83. The number of hydrogen-bond donors (Lipinski definition) is 2. The number of hydrogen-bond acceptors (Lipinski definition) is 4. The molecule has 0 spiro atoms. The van der Waals surface area contributed by atoms with E-state index in [1.165, 1.54) is 7.11 Å². The van der Waals surface area contributed by atoms with Gasteiger partial charge in [-0.15, -0.1) is 12.4 Å². The average Bonchev–Trinajstić information content (AvgIpc) is 2.72. The number of rotatable bonds is 14. The Morgan fingerprint density at radius 1 is 1.19 bits per heavy atom. The van der Waals surface area contributed by atoms with Crippen LogP contribution in [0.1, 0.15) is 70.5 Å². The van der Waals surface area contributed by atoms with Gasteiger partial charge in [0, 0.05) is 18.5 Å². The van der Waals surface area contributed by atoms with Gasteiger partial charge in [-0.1, -0.05) is 52.0 Å². The normalized spacial score (nSPS) is 12.1. The minimum absolute atomic E-state index is 0. The number of methoxy groups -OCH3 is 1. The number of benzene rings is 1. The molecule has 176 valence electrons. The van der Waals surface area contributed by atoms with Crippen LogP contribution in [0.2, 0.25) is 0 Å². The topological polar surface area (TPSA) is 78.9 Å². The summed E-state index contributed by atoms with van der Waals surface area (Å²) in [5, 5.41) is 12.7. The number of carboxylic acids is 1. The molecule has 0 fully saturated rings. The Balaban J connectivity index is 0.00000900. The molecule has 0 heterocycles. The molecule has 0 aromatic heterocycles. The monoisotopic (exact) mass is 454 g/mol. The fourth-order valence-electron chi connectivity index (χ4n) is 3.37. The second-order valence-electron chi connectivity index (χ2n) is 7.73. The molecular weight excluding hydrogens is 416 g/mol. The lowest BCUT2D eigenvalue weighted by Crippen LogP contribution is -2.34. The molecule has 0 aliphatic carbocycles. The molecule has 1 rings (SSSR count).